The van der Waals surface area contributed by atoms with Crippen molar-refractivity contribution in [2.75, 3.05) is 13.1 Å². The Bertz CT molecular complexity index is 719. The van der Waals surface area contributed by atoms with Crippen molar-refractivity contribution in [1.29, 1.82) is 0 Å². The van der Waals surface area contributed by atoms with Crippen LogP contribution in [-0.2, 0) is 14.8 Å². The molecule has 25 heavy (non-hydrogen) atoms. The fourth-order valence-electron chi connectivity index (χ4n) is 3.01. The molecule has 1 aliphatic heterocycles. The van der Waals surface area contributed by atoms with E-state index in [9.17, 15) is 17.6 Å². The Hall–Kier alpha value is -1.18. The van der Waals surface area contributed by atoms with Crippen molar-refractivity contribution in [2.45, 2.75) is 50.5 Å². The fourth-order valence-corrected chi connectivity index (χ4v) is 4.75. The summed E-state index contributed by atoms with van der Waals surface area (Å²) in [7, 11) is -3.73. The number of nitrogens with one attached hydrogen (secondary N) is 1. The van der Waals surface area contributed by atoms with Gasteiger partial charge in [-0.25, -0.2) is 12.8 Å². The first-order valence-electron chi connectivity index (χ1n) is 8.51. The van der Waals surface area contributed by atoms with Crippen LogP contribution in [0.15, 0.2) is 23.1 Å². The lowest BCUT2D eigenvalue weighted by atomic mass is 9.96. The third-order valence-electron chi connectivity index (χ3n) is 4.46. The quantitative estimate of drug-likeness (QED) is 0.811. The molecule has 0 radical (unpaired) electrons. The van der Waals surface area contributed by atoms with E-state index in [1.54, 1.807) is 0 Å². The zero-order chi connectivity index (χ0) is 18.6. The van der Waals surface area contributed by atoms with E-state index in [1.807, 2.05) is 6.92 Å². The summed E-state index contributed by atoms with van der Waals surface area (Å²) in [6.07, 6.45) is 2.86. The molecule has 0 aliphatic carbocycles. The molecule has 1 saturated heterocycles. The number of hydrogen-bond donors (Lipinski definition) is 1. The molecule has 0 bridgehead atoms. The molecule has 0 saturated carbocycles. The van der Waals surface area contributed by atoms with E-state index in [-0.39, 0.29) is 40.9 Å². The minimum atomic E-state index is -3.73. The maximum absolute atomic E-state index is 13.2. The Kier molecular flexibility index (Phi) is 6.82. The van der Waals surface area contributed by atoms with Crippen molar-refractivity contribution >= 4 is 27.5 Å². The Labute approximate surface area is 153 Å². The molecular weight excluding hydrogens is 367 g/mol. The van der Waals surface area contributed by atoms with Gasteiger partial charge in [-0.3, -0.25) is 4.79 Å². The number of rotatable bonds is 6. The van der Waals surface area contributed by atoms with Gasteiger partial charge in [-0.2, -0.15) is 4.31 Å². The Morgan fingerprint density at radius 1 is 1.40 bits per heavy atom. The molecule has 0 aromatic heterocycles. The molecular formula is C17H24ClFN2O3S. The lowest BCUT2D eigenvalue weighted by Crippen LogP contribution is -2.44. The van der Waals surface area contributed by atoms with Gasteiger partial charge in [-0.15, -0.1) is 0 Å². The van der Waals surface area contributed by atoms with Crippen LogP contribution in [0.3, 0.4) is 0 Å². The van der Waals surface area contributed by atoms with Gasteiger partial charge in [0.05, 0.1) is 9.92 Å². The normalized spacial score (nSPS) is 18.1. The van der Waals surface area contributed by atoms with Crippen molar-refractivity contribution in [1.82, 2.24) is 9.62 Å². The molecule has 1 N–H and O–H groups in total. The van der Waals surface area contributed by atoms with Crippen LogP contribution in [0.2, 0.25) is 5.02 Å². The van der Waals surface area contributed by atoms with Crippen LogP contribution in [0, 0.1) is 11.7 Å². The van der Waals surface area contributed by atoms with Crippen LogP contribution in [-0.4, -0.2) is 37.8 Å². The van der Waals surface area contributed by atoms with Gasteiger partial charge in [0.15, 0.2) is 0 Å². The summed E-state index contributed by atoms with van der Waals surface area (Å²) in [6.45, 7) is 4.56. The number of halogens is 2. The molecule has 1 aliphatic rings. The highest BCUT2D eigenvalue weighted by atomic mass is 35.5. The molecule has 140 valence electrons. The fraction of sp³-hybridized carbons (Fsp3) is 0.588. The lowest BCUT2D eigenvalue weighted by Gasteiger charge is -2.31. The van der Waals surface area contributed by atoms with E-state index in [4.69, 9.17) is 11.6 Å². The molecule has 1 amide bonds. The molecule has 5 nitrogen and oxygen atoms in total. The number of carbonyl (C=O) groups is 1. The third-order valence-corrected chi connectivity index (χ3v) is 6.65. The topological polar surface area (TPSA) is 66.5 Å². The SMILES string of the molecule is CCC[C@@H](C)NC(=O)C1CCN(S(=O)(=O)c2ccc(F)c(Cl)c2)CC1. The largest absolute Gasteiger partial charge is 0.353 e. The summed E-state index contributed by atoms with van der Waals surface area (Å²) in [4.78, 5) is 12.2. The number of hydrogen-bond acceptors (Lipinski definition) is 3. The van der Waals surface area contributed by atoms with Gasteiger partial charge in [-0.1, -0.05) is 24.9 Å². The zero-order valence-electron chi connectivity index (χ0n) is 14.5. The predicted molar refractivity (Wildman–Crippen MR) is 95.4 cm³/mol. The summed E-state index contributed by atoms with van der Waals surface area (Å²) in [6, 6.07) is 3.50. The van der Waals surface area contributed by atoms with E-state index in [2.05, 4.69) is 12.2 Å². The van der Waals surface area contributed by atoms with Crippen LogP contribution in [0.4, 0.5) is 4.39 Å². The molecule has 1 aromatic rings. The molecule has 0 unspecified atom stereocenters. The highest BCUT2D eigenvalue weighted by molar-refractivity contribution is 7.89. The predicted octanol–water partition coefficient (Wildman–Crippen LogP) is 3.18. The Balaban J connectivity index is 1.99. The summed E-state index contributed by atoms with van der Waals surface area (Å²) in [5, 5.41) is 2.76. The highest BCUT2D eigenvalue weighted by Gasteiger charge is 2.32. The van der Waals surface area contributed by atoms with Crippen LogP contribution < -0.4 is 5.32 Å². The summed E-state index contributed by atoms with van der Waals surface area (Å²) in [5.41, 5.74) is 0. The minimum Gasteiger partial charge on any atom is -0.353 e. The Morgan fingerprint density at radius 3 is 2.60 bits per heavy atom. The second-order valence-corrected chi connectivity index (χ2v) is 8.80. The highest BCUT2D eigenvalue weighted by Crippen LogP contribution is 2.26. The van der Waals surface area contributed by atoms with Gasteiger partial charge in [-0.05, 0) is 44.4 Å². The molecule has 2 rings (SSSR count). The molecule has 1 aromatic carbocycles. The van der Waals surface area contributed by atoms with Crippen LogP contribution in [0.5, 0.6) is 0 Å². The first kappa shape index (κ1) is 20.1. The van der Waals surface area contributed by atoms with E-state index < -0.39 is 15.8 Å². The Morgan fingerprint density at radius 2 is 2.04 bits per heavy atom. The van der Waals surface area contributed by atoms with Gasteiger partial charge in [0.25, 0.3) is 0 Å². The van der Waals surface area contributed by atoms with Gasteiger partial charge in [0.2, 0.25) is 15.9 Å². The summed E-state index contributed by atoms with van der Waals surface area (Å²) >= 11 is 5.69. The number of amides is 1. The van der Waals surface area contributed by atoms with E-state index in [0.29, 0.717) is 12.8 Å². The van der Waals surface area contributed by atoms with E-state index in [1.165, 1.54) is 10.4 Å². The number of benzene rings is 1. The first-order valence-corrected chi connectivity index (χ1v) is 10.3. The lowest BCUT2D eigenvalue weighted by molar-refractivity contribution is -0.126. The third kappa shape index (κ3) is 4.92. The average molecular weight is 391 g/mol. The number of piperidine rings is 1. The number of nitrogens with zero attached hydrogens (tertiary/aromatic N) is 1. The van der Waals surface area contributed by atoms with E-state index in [0.717, 1.165) is 25.0 Å². The monoisotopic (exact) mass is 390 g/mol. The van der Waals surface area contributed by atoms with Crippen molar-refractivity contribution < 1.29 is 17.6 Å². The minimum absolute atomic E-state index is 0.0113. The molecule has 0 spiro atoms. The average Bonchev–Trinajstić information content (AvgIpc) is 2.57. The molecule has 8 heteroatoms. The van der Waals surface area contributed by atoms with Crippen molar-refractivity contribution in [2.24, 2.45) is 5.92 Å². The van der Waals surface area contributed by atoms with Crippen LogP contribution in [0.1, 0.15) is 39.5 Å². The van der Waals surface area contributed by atoms with E-state index >= 15 is 0 Å². The second kappa shape index (κ2) is 8.47. The van der Waals surface area contributed by atoms with Gasteiger partial charge in [0.1, 0.15) is 5.82 Å². The smallest absolute Gasteiger partial charge is 0.243 e. The molecule has 1 atom stereocenters. The first-order chi connectivity index (χ1) is 11.8. The van der Waals surface area contributed by atoms with Gasteiger partial charge < -0.3 is 5.32 Å². The maximum atomic E-state index is 13.2. The van der Waals surface area contributed by atoms with Crippen molar-refractivity contribution in [3.05, 3.63) is 29.0 Å². The van der Waals surface area contributed by atoms with Crippen LogP contribution >= 0.6 is 11.6 Å². The summed E-state index contributed by atoms with van der Waals surface area (Å²) in [5.74, 6) is -0.845. The maximum Gasteiger partial charge on any atom is 0.243 e. The van der Waals surface area contributed by atoms with Crippen LogP contribution in [0.25, 0.3) is 0 Å². The second-order valence-electron chi connectivity index (χ2n) is 6.45. The molecule has 1 heterocycles. The summed E-state index contributed by atoms with van der Waals surface area (Å²) < 4.78 is 39.8. The van der Waals surface area contributed by atoms with Crippen molar-refractivity contribution in [3.63, 3.8) is 0 Å². The zero-order valence-corrected chi connectivity index (χ0v) is 16.0. The number of carbonyl (C=O) groups excluding carboxylic acids is 1. The standard InChI is InChI=1S/C17H24ClFN2O3S/c1-3-4-12(2)20-17(22)13-7-9-21(10-8-13)25(23,24)14-5-6-16(19)15(18)11-14/h5-6,11-13H,3-4,7-10H2,1-2H3,(H,20,22)/t12-/m1/s1. The van der Waals surface area contributed by atoms with Crippen molar-refractivity contribution in [3.8, 4) is 0 Å². The molecule has 1 fully saturated rings. The number of sulfonamides is 1. The van der Waals surface area contributed by atoms with Gasteiger partial charge in [0, 0.05) is 25.0 Å². The van der Waals surface area contributed by atoms with Gasteiger partial charge >= 0.3 is 0 Å².